The van der Waals surface area contributed by atoms with E-state index in [4.69, 9.17) is 11.6 Å². The topological polar surface area (TPSA) is 58.2 Å². The lowest BCUT2D eigenvalue weighted by Gasteiger charge is -2.56. The van der Waals surface area contributed by atoms with E-state index in [2.05, 4.69) is 10.6 Å². The molecular formula is C27H31ClN2O2S. The van der Waals surface area contributed by atoms with E-state index in [0.29, 0.717) is 16.3 Å². The minimum absolute atomic E-state index is 0.0215. The molecule has 0 radical (unpaired) electrons. The third-order valence-corrected chi connectivity index (χ3v) is 9.07. The average molecular weight is 483 g/mol. The van der Waals surface area contributed by atoms with Gasteiger partial charge < -0.3 is 10.6 Å². The zero-order valence-electron chi connectivity index (χ0n) is 19.0. The molecule has 174 valence electrons. The number of thioether (sulfide) groups is 1. The highest BCUT2D eigenvalue weighted by molar-refractivity contribution is 8.00. The van der Waals surface area contributed by atoms with Gasteiger partial charge in [-0.3, -0.25) is 9.59 Å². The molecule has 0 heterocycles. The Kier molecular flexibility index (Phi) is 6.45. The highest BCUT2D eigenvalue weighted by Crippen LogP contribution is 2.55. The largest absolute Gasteiger partial charge is 0.350 e. The zero-order chi connectivity index (χ0) is 23.0. The van der Waals surface area contributed by atoms with Crippen LogP contribution in [0.4, 0.5) is 0 Å². The molecule has 4 saturated carbocycles. The first kappa shape index (κ1) is 22.8. The molecule has 4 bridgehead atoms. The number of hydrogen-bond donors (Lipinski definition) is 2. The molecule has 2 aromatic carbocycles. The Balaban J connectivity index is 1.21. The van der Waals surface area contributed by atoms with Crippen LogP contribution in [0.1, 0.15) is 67.4 Å². The lowest BCUT2D eigenvalue weighted by molar-refractivity contribution is -0.124. The molecule has 4 fully saturated rings. The highest BCUT2D eigenvalue weighted by atomic mass is 35.5. The summed E-state index contributed by atoms with van der Waals surface area (Å²) in [6.45, 7) is 1.92. The van der Waals surface area contributed by atoms with Gasteiger partial charge in [-0.15, -0.1) is 11.8 Å². The van der Waals surface area contributed by atoms with Crippen molar-refractivity contribution in [3.8, 4) is 0 Å². The van der Waals surface area contributed by atoms with Crippen molar-refractivity contribution in [1.29, 1.82) is 0 Å². The summed E-state index contributed by atoms with van der Waals surface area (Å²) in [4.78, 5) is 26.8. The molecule has 0 spiro atoms. The van der Waals surface area contributed by atoms with Crippen molar-refractivity contribution in [3.05, 3.63) is 64.7 Å². The predicted octanol–water partition coefficient (Wildman–Crippen LogP) is 6.01. The summed E-state index contributed by atoms with van der Waals surface area (Å²) in [6, 6.07) is 14.8. The van der Waals surface area contributed by atoms with E-state index >= 15 is 0 Å². The summed E-state index contributed by atoms with van der Waals surface area (Å²) in [7, 11) is 0. The van der Waals surface area contributed by atoms with E-state index < -0.39 is 0 Å². The second-order valence-corrected chi connectivity index (χ2v) is 11.7. The highest BCUT2D eigenvalue weighted by Gasteiger charge is 2.51. The molecule has 33 heavy (non-hydrogen) atoms. The number of benzene rings is 2. The minimum atomic E-state index is -0.219. The van der Waals surface area contributed by atoms with Gasteiger partial charge in [-0.25, -0.2) is 0 Å². The summed E-state index contributed by atoms with van der Waals surface area (Å²) in [5, 5.41) is 7.11. The molecule has 0 aromatic heterocycles. The van der Waals surface area contributed by atoms with Crippen molar-refractivity contribution in [1.82, 2.24) is 10.6 Å². The summed E-state index contributed by atoms with van der Waals surface area (Å²) >= 11 is 7.73. The summed E-state index contributed by atoms with van der Waals surface area (Å²) < 4.78 is 0. The van der Waals surface area contributed by atoms with Gasteiger partial charge in [-0.05, 0) is 87.0 Å². The molecule has 2 aromatic rings. The fraction of sp³-hybridized carbons (Fsp3) is 0.481. The fourth-order valence-corrected chi connectivity index (χ4v) is 7.85. The number of amides is 2. The lowest BCUT2D eigenvalue weighted by Crippen LogP contribution is -2.60. The van der Waals surface area contributed by atoms with Crippen LogP contribution in [0.25, 0.3) is 0 Å². The molecule has 4 aliphatic carbocycles. The van der Waals surface area contributed by atoms with Gasteiger partial charge in [-0.1, -0.05) is 41.9 Å². The van der Waals surface area contributed by atoms with E-state index in [9.17, 15) is 9.59 Å². The van der Waals surface area contributed by atoms with Gasteiger partial charge in [0, 0.05) is 15.5 Å². The SMILES string of the molecule is C[C@@H](NC(=O)c1ccccc1SCC(=O)NC12CC3CC(CC(C3)C1)C2)c1ccccc1Cl. The van der Waals surface area contributed by atoms with Gasteiger partial charge in [0.05, 0.1) is 17.4 Å². The molecule has 4 nitrogen and oxygen atoms in total. The molecular weight excluding hydrogens is 452 g/mol. The monoisotopic (exact) mass is 482 g/mol. The van der Waals surface area contributed by atoms with Crippen LogP contribution in [0.3, 0.4) is 0 Å². The van der Waals surface area contributed by atoms with Gasteiger partial charge in [0.15, 0.2) is 0 Å². The standard InChI is InChI=1S/C27H31ClN2O2S/c1-17(21-6-2-4-8-23(21)28)29-26(32)22-7-3-5-9-24(22)33-16-25(31)30-27-13-18-10-19(14-27)12-20(11-18)15-27/h2-9,17-20H,10-16H2,1H3,(H,29,32)(H,30,31)/t17-,18?,19?,20?,27?/m1/s1. The molecule has 0 saturated heterocycles. The molecule has 2 amide bonds. The normalized spacial score (nSPS) is 28.4. The van der Waals surface area contributed by atoms with Crippen LogP contribution in [0.15, 0.2) is 53.4 Å². The van der Waals surface area contributed by atoms with Crippen molar-refractivity contribution in [2.75, 3.05) is 5.75 Å². The second-order valence-electron chi connectivity index (χ2n) is 10.2. The molecule has 1 atom stereocenters. The van der Waals surface area contributed by atoms with Gasteiger partial charge in [-0.2, -0.15) is 0 Å². The maximum absolute atomic E-state index is 13.0. The van der Waals surface area contributed by atoms with E-state index in [-0.39, 0.29) is 23.4 Å². The van der Waals surface area contributed by atoms with Crippen molar-refractivity contribution in [3.63, 3.8) is 0 Å². The smallest absolute Gasteiger partial charge is 0.252 e. The van der Waals surface area contributed by atoms with Gasteiger partial charge >= 0.3 is 0 Å². The van der Waals surface area contributed by atoms with Crippen LogP contribution < -0.4 is 10.6 Å². The van der Waals surface area contributed by atoms with Crippen molar-refractivity contribution >= 4 is 35.2 Å². The Bertz CT molecular complexity index is 1020. The Morgan fingerprint density at radius 1 is 1.00 bits per heavy atom. The van der Waals surface area contributed by atoms with E-state index in [1.165, 1.54) is 31.0 Å². The van der Waals surface area contributed by atoms with Crippen LogP contribution >= 0.6 is 23.4 Å². The van der Waals surface area contributed by atoms with Crippen LogP contribution in [-0.4, -0.2) is 23.1 Å². The number of nitrogens with one attached hydrogen (secondary N) is 2. The molecule has 6 heteroatoms. The van der Waals surface area contributed by atoms with Crippen LogP contribution in [-0.2, 0) is 4.79 Å². The number of halogens is 1. The second kappa shape index (κ2) is 9.34. The third-order valence-electron chi connectivity index (χ3n) is 7.65. The van der Waals surface area contributed by atoms with Crippen LogP contribution in [0.2, 0.25) is 5.02 Å². The first-order chi connectivity index (χ1) is 15.9. The van der Waals surface area contributed by atoms with Gasteiger partial charge in [0.2, 0.25) is 5.91 Å². The maximum atomic E-state index is 13.0. The number of carbonyl (C=O) groups excluding carboxylic acids is 2. The summed E-state index contributed by atoms with van der Waals surface area (Å²) in [5.74, 6) is 2.65. The Morgan fingerprint density at radius 3 is 2.27 bits per heavy atom. The van der Waals surface area contributed by atoms with Crippen molar-refractivity contribution < 1.29 is 9.59 Å². The Hall–Kier alpha value is -1.98. The van der Waals surface area contributed by atoms with E-state index in [1.807, 2.05) is 55.5 Å². The quantitative estimate of drug-likeness (QED) is 0.475. The molecule has 4 aliphatic rings. The Morgan fingerprint density at radius 2 is 1.61 bits per heavy atom. The number of hydrogen-bond acceptors (Lipinski definition) is 3. The summed E-state index contributed by atoms with van der Waals surface area (Å²) in [6.07, 6.45) is 7.52. The maximum Gasteiger partial charge on any atom is 0.252 e. The van der Waals surface area contributed by atoms with Gasteiger partial charge in [0.1, 0.15) is 0 Å². The number of carbonyl (C=O) groups is 2. The van der Waals surface area contributed by atoms with Crippen molar-refractivity contribution in [2.24, 2.45) is 17.8 Å². The van der Waals surface area contributed by atoms with Crippen LogP contribution in [0, 0.1) is 17.8 Å². The van der Waals surface area contributed by atoms with E-state index in [0.717, 1.165) is 47.5 Å². The van der Waals surface area contributed by atoms with Gasteiger partial charge in [0.25, 0.3) is 5.91 Å². The first-order valence-corrected chi connectivity index (χ1v) is 13.4. The summed E-state index contributed by atoms with van der Waals surface area (Å²) in [5.41, 5.74) is 1.49. The minimum Gasteiger partial charge on any atom is -0.350 e. The first-order valence-electron chi connectivity index (χ1n) is 12.0. The predicted molar refractivity (Wildman–Crippen MR) is 134 cm³/mol. The molecule has 0 unspecified atom stereocenters. The van der Waals surface area contributed by atoms with Crippen molar-refractivity contribution in [2.45, 2.75) is 61.9 Å². The van der Waals surface area contributed by atoms with E-state index in [1.54, 1.807) is 0 Å². The Labute approximate surface area is 205 Å². The zero-order valence-corrected chi connectivity index (χ0v) is 20.6. The van der Waals surface area contributed by atoms with Crippen LogP contribution in [0.5, 0.6) is 0 Å². The lowest BCUT2D eigenvalue weighted by atomic mass is 9.53. The molecule has 6 rings (SSSR count). The molecule has 2 N–H and O–H groups in total. The number of rotatable bonds is 7. The average Bonchev–Trinajstić information content (AvgIpc) is 2.77. The molecule has 0 aliphatic heterocycles. The fourth-order valence-electron chi connectivity index (χ4n) is 6.70. The third kappa shape index (κ3) is 4.95.